The van der Waals surface area contributed by atoms with Gasteiger partial charge in [0.2, 0.25) is 11.9 Å². The molecule has 4 N–H and O–H groups in total. The Labute approximate surface area is 168 Å². The summed E-state index contributed by atoms with van der Waals surface area (Å²) < 4.78 is 0. The average Bonchev–Trinajstić information content (AvgIpc) is 2.71. The number of carboxylic acids is 1. The van der Waals surface area contributed by atoms with Gasteiger partial charge in [0.1, 0.15) is 0 Å². The number of anilines is 1. The highest BCUT2D eigenvalue weighted by molar-refractivity contribution is 5.80. The zero-order valence-corrected chi connectivity index (χ0v) is 16.1. The van der Waals surface area contributed by atoms with Crippen LogP contribution in [0.1, 0.15) is 49.4 Å². The van der Waals surface area contributed by atoms with Gasteiger partial charge in [-0.05, 0) is 36.1 Å². The summed E-state index contributed by atoms with van der Waals surface area (Å²) in [5, 5.41) is 13.0. The van der Waals surface area contributed by atoms with Crippen molar-refractivity contribution in [2.24, 2.45) is 0 Å². The lowest BCUT2D eigenvalue weighted by molar-refractivity contribution is -0.137. The van der Waals surface area contributed by atoms with Gasteiger partial charge < -0.3 is 16.2 Å². The van der Waals surface area contributed by atoms with Crippen LogP contribution in [-0.4, -0.2) is 31.9 Å². The van der Waals surface area contributed by atoms with Crippen molar-refractivity contribution in [2.75, 3.05) is 5.73 Å². The first-order chi connectivity index (χ1) is 13.9. The van der Waals surface area contributed by atoms with E-state index in [9.17, 15) is 14.7 Å². The molecule has 0 aliphatic rings. The van der Waals surface area contributed by atoms with Gasteiger partial charge in [-0.1, -0.05) is 25.1 Å². The van der Waals surface area contributed by atoms with Crippen molar-refractivity contribution in [3.8, 4) is 0 Å². The first kappa shape index (κ1) is 20.2. The van der Waals surface area contributed by atoms with Crippen LogP contribution in [0.4, 0.5) is 5.95 Å². The molecule has 3 rings (SSSR count). The van der Waals surface area contributed by atoms with Crippen molar-refractivity contribution in [1.82, 2.24) is 20.3 Å². The van der Waals surface area contributed by atoms with Gasteiger partial charge in [-0.3, -0.25) is 14.6 Å². The molecule has 1 amide bonds. The highest BCUT2D eigenvalue weighted by Gasteiger charge is 2.20. The van der Waals surface area contributed by atoms with E-state index in [4.69, 9.17) is 5.73 Å². The van der Waals surface area contributed by atoms with E-state index >= 15 is 0 Å². The average molecular weight is 393 g/mol. The van der Waals surface area contributed by atoms with Gasteiger partial charge in [-0.2, -0.15) is 0 Å². The molecule has 29 heavy (non-hydrogen) atoms. The number of benzene rings is 1. The molecule has 2 atom stereocenters. The molecule has 0 radical (unpaired) electrons. The zero-order valence-electron chi connectivity index (χ0n) is 16.1. The molecule has 0 fully saturated rings. The van der Waals surface area contributed by atoms with Crippen molar-refractivity contribution >= 4 is 28.7 Å². The Balaban J connectivity index is 1.67. The monoisotopic (exact) mass is 393 g/mol. The number of nitrogens with zero attached hydrogens (tertiary/aromatic N) is 3. The quantitative estimate of drug-likeness (QED) is 0.536. The van der Waals surface area contributed by atoms with Gasteiger partial charge in [0, 0.05) is 29.9 Å². The summed E-state index contributed by atoms with van der Waals surface area (Å²) >= 11 is 0. The maximum absolute atomic E-state index is 12.5. The topological polar surface area (TPSA) is 131 Å². The van der Waals surface area contributed by atoms with Crippen LogP contribution >= 0.6 is 0 Å². The van der Waals surface area contributed by atoms with Crippen molar-refractivity contribution < 1.29 is 14.7 Å². The van der Waals surface area contributed by atoms with Crippen LogP contribution in [0.3, 0.4) is 0 Å². The van der Waals surface area contributed by atoms with Crippen LogP contribution < -0.4 is 11.1 Å². The van der Waals surface area contributed by atoms with E-state index in [1.807, 2.05) is 37.3 Å². The number of nitrogen functional groups attached to an aromatic ring is 1. The van der Waals surface area contributed by atoms with Gasteiger partial charge in [0.15, 0.2) is 0 Å². The minimum absolute atomic E-state index is 0.0197. The second kappa shape index (κ2) is 9.09. The Bertz CT molecular complexity index is 1020. The van der Waals surface area contributed by atoms with E-state index in [-0.39, 0.29) is 30.6 Å². The fourth-order valence-corrected chi connectivity index (χ4v) is 3.13. The smallest absolute Gasteiger partial charge is 0.305 e. The minimum Gasteiger partial charge on any atom is -0.481 e. The lowest BCUT2D eigenvalue weighted by Crippen LogP contribution is -2.30. The number of nitrogens with two attached hydrogens (primary N) is 1. The zero-order chi connectivity index (χ0) is 20.8. The number of carbonyl (C=O) groups excluding carboxylic acids is 1. The molecule has 0 saturated carbocycles. The van der Waals surface area contributed by atoms with Gasteiger partial charge >= 0.3 is 5.97 Å². The van der Waals surface area contributed by atoms with E-state index in [0.717, 1.165) is 16.6 Å². The fraction of sp³-hybridized carbons (Fsp3) is 0.286. The molecular formula is C21H23N5O3. The highest BCUT2D eigenvalue weighted by Crippen LogP contribution is 2.22. The number of fused-ring (bicyclic) bond motifs is 1. The molecule has 150 valence electrons. The number of aromatic nitrogens is 3. The summed E-state index contributed by atoms with van der Waals surface area (Å²) in [6.07, 6.45) is 3.77. The van der Waals surface area contributed by atoms with Crippen LogP contribution in [0, 0.1) is 0 Å². The number of para-hydroxylation sites is 1. The van der Waals surface area contributed by atoms with Crippen LogP contribution in [0.15, 0.2) is 48.8 Å². The number of aliphatic carboxylic acids is 1. The SMILES string of the molecule is CC(CCC(=O)N[C@@H](CC(=O)O)c1cnc2ccccc2c1)c1ccnc(N)n1. The van der Waals surface area contributed by atoms with Gasteiger partial charge in [0.25, 0.3) is 0 Å². The van der Waals surface area contributed by atoms with Gasteiger partial charge in [-0.15, -0.1) is 0 Å². The second-order valence-corrected chi connectivity index (χ2v) is 6.96. The Kier molecular flexibility index (Phi) is 6.33. The summed E-state index contributed by atoms with van der Waals surface area (Å²) in [6, 6.07) is 10.5. The van der Waals surface area contributed by atoms with Crippen LogP contribution in [0.25, 0.3) is 10.9 Å². The van der Waals surface area contributed by atoms with Gasteiger partial charge in [-0.25, -0.2) is 9.97 Å². The van der Waals surface area contributed by atoms with Crippen molar-refractivity contribution in [3.05, 3.63) is 60.0 Å². The lowest BCUT2D eigenvalue weighted by atomic mass is 10.00. The van der Waals surface area contributed by atoms with Crippen molar-refractivity contribution in [3.63, 3.8) is 0 Å². The molecule has 0 aliphatic heterocycles. The molecule has 1 aromatic carbocycles. The molecule has 8 nitrogen and oxygen atoms in total. The summed E-state index contributed by atoms with van der Waals surface area (Å²) in [5.74, 6) is -0.998. The molecule has 0 bridgehead atoms. The third-order valence-corrected chi connectivity index (χ3v) is 4.73. The predicted molar refractivity (Wildman–Crippen MR) is 109 cm³/mol. The number of hydrogen-bond donors (Lipinski definition) is 3. The number of amides is 1. The predicted octanol–water partition coefficient (Wildman–Crippen LogP) is 2.82. The van der Waals surface area contributed by atoms with E-state index in [0.29, 0.717) is 12.0 Å². The molecule has 0 aliphatic carbocycles. The minimum atomic E-state index is -0.992. The Morgan fingerprint density at radius 2 is 2.00 bits per heavy atom. The maximum atomic E-state index is 12.5. The first-order valence-electron chi connectivity index (χ1n) is 9.36. The lowest BCUT2D eigenvalue weighted by Gasteiger charge is -2.18. The van der Waals surface area contributed by atoms with Crippen LogP contribution in [-0.2, 0) is 9.59 Å². The molecule has 2 heterocycles. The number of rotatable bonds is 8. The van der Waals surface area contributed by atoms with E-state index in [1.54, 1.807) is 18.5 Å². The highest BCUT2D eigenvalue weighted by atomic mass is 16.4. The number of carbonyl (C=O) groups is 2. The van der Waals surface area contributed by atoms with E-state index in [2.05, 4.69) is 20.3 Å². The normalized spacial score (nSPS) is 13.0. The molecule has 0 spiro atoms. The third-order valence-electron chi connectivity index (χ3n) is 4.73. The number of pyridine rings is 1. The number of nitrogens with one attached hydrogen (secondary N) is 1. The molecule has 2 aromatic heterocycles. The van der Waals surface area contributed by atoms with E-state index < -0.39 is 12.0 Å². The molecular weight excluding hydrogens is 370 g/mol. The van der Waals surface area contributed by atoms with Crippen LogP contribution in [0.2, 0.25) is 0 Å². The van der Waals surface area contributed by atoms with Gasteiger partial charge in [0.05, 0.1) is 18.0 Å². The number of carboxylic acid groups (broad SMARTS) is 1. The summed E-state index contributed by atoms with van der Waals surface area (Å²) in [4.78, 5) is 36.2. The molecule has 1 unspecified atom stereocenters. The summed E-state index contributed by atoms with van der Waals surface area (Å²) in [7, 11) is 0. The maximum Gasteiger partial charge on any atom is 0.305 e. The molecule has 3 aromatic rings. The van der Waals surface area contributed by atoms with E-state index in [1.165, 1.54) is 0 Å². The van der Waals surface area contributed by atoms with Crippen LogP contribution in [0.5, 0.6) is 0 Å². The number of hydrogen-bond acceptors (Lipinski definition) is 6. The second-order valence-electron chi connectivity index (χ2n) is 6.96. The molecule has 0 saturated heterocycles. The largest absolute Gasteiger partial charge is 0.481 e. The molecule has 8 heteroatoms. The third kappa shape index (κ3) is 5.47. The standard InChI is InChI=1S/C21H23N5O3/c1-13(16-8-9-23-21(22)26-16)6-7-19(27)25-18(11-20(28)29)15-10-14-4-2-3-5-17(14)24-12-15/h2-5,8-10,12-13,18H,6-7,11H2,1H3,(H,25,27)(H,28,29)(H2,22,23,26)/t13?,18-/m0/s1. The Morgan fingerprint density at radius 1 is 1.21 bits per heavy atom. The first-order valence-corrected chi connectivity index (χ1v) is 9.36. The van der Waals surface area contributed by atoms with Crippen molar-refractivity contribution in [1.29, 1.82) is 0 Å². The Hall–Kier alpha value is -3.55. The summed E-state index contributed by atoms with van der Waals surface area (Å²) in [5.41, 5.74) is 7.85. The van der Waals surface area contributed by atoms with Crippen molar-refractivity contribution in [2.45, 2.75) is 38.1 Å². The summed E-state index contributed by atoms with van der Waals surface area (Å²) in [6.45, 7) is 1.96. The fourth-order valence-electron chi connectivity index (χ4n) is 3.13. The Morgan fingerprint density at radius 3 is 2.76 bits per heavy atom.